The quantitative estimate of drug-likeness (QED) is 0.590. The summed E-state index contributed by atoms with van der Waals surface area (Å²) in [4.78, 5) is 10.3. The number of halogens is 2. The molecule has 0 saturated heterocycles. The lowest BCUT2D eigenvalue weighted by Crippen LogP contribution is -2.13. The predicted octanol–water partition coefficient (Wildman–Crippen LogP) is 1.12. The van der Waals surface area contributed by atoms with Crippen molar-refractivity contribution >= 4 is 23.4 Å². The van der Waals surface area contributed by atoms with Crippen molar-refractivity contribution in [3.8, 4) is 0 Å². The van der Waals surface area contributed by atoms with Crippen molar-refractivity contribution in [3.63, 3.8) is 0 Å². The summed E-state index contributed by atoms with van der Waals surface area (Å²) in [5.41, 5.74) is 10.4. The molecule has 1 aromatic rings. The van der Waals surface area contributed by atoms with E-state index in [1.165, 1.54) is 6.07 Å². The number of hydrogen-bond acceptors (Lipinski definition) is 3. The molecule has 0 aromatic heterocycles. The number of thioether (sulfide) groups is 1. The second-order valence-corrected chi connectivity index (χ2v) is 3.52. The SMILES string of the molecule is NC(=O)CSc1c(N)ccc(F)c1F. The van der Waals surface area contributed by atoms with Gasteiger partial charge in [0.15, 0.2) is 11.6 Å². The molecule has 14 heavy (non-hydrogen) atoms. The molecule has 0 aliphatic heterocycles. The lowest BCUT2D eigenvalue weighted by Gasteiger charge is -2.05. The molecule has 0 unspecified atom stereocenters. The first-order chi connectivity index (χ1) is 6.52. The zero-order valence-corrected chi connectivity index (χ0v) is 7.91. The highest BCUT2D eigenvalue weighted by Gasteiger charge is 2.12. The van der Waals surface area contributed by atoms with Crippen LogP contribution < -0.4 is 11.5 Å². The number of carbonyl (C=O) groups is 1. The topological polar surface area (TPSA) is 69.1 Å². The summed E-state index contributed by atoms with van der Waals surface area (Å²) in [6.45, 7) is 0. The molecule has 6 heteroatoms. The largest absolute Gasteiger partial charge is 0.398 e. The molecule has 0 aliphatic carbocycles. The maximum Gasteiger partial charge on any atom is 0.227 e. The molecule has 1 rings (SSSR count). The lowest BCUT2D eigenvalue weighted by molar-refractivity contribution is -0.115. The van der Waals surface area contributed by atoms with Crippen molar-refractivity contribution in [1.29, 1.82) is 0 Å². The smallest absolute Gasteiger partial charge is 0.227 e. The number of nitrogen functional groups attached to an aromatic ring is 1. The van der Waals surface area contributed by atoms with Crippen LogP contribution >= 0.6 is 11.8 Å². The third-order valence-electron chi connectivity index (χ3n) is 1.44. The van der Waals surface area contributed by atoms with Crippen molar-refractivity contribution in [2.45, 2.75) is 4.90 Å². The monoisotopic (exact) mass is 218 g/mol. The molecule has 0 atom stereocenters. The summed E-state index contributed by atoms with van der Waals surface area (Å²) in [7, 11) is 0. The van der Waals surface area contributed by atoms with Gasteiger partial charge in [0.25, 0.3) is 0 Å². The van der Waals surface area contributed by atoms with Gasteiger partial charge in [0.05, 0.1) is 10.6 Å². The molecule has 1 amide bonds. The van der Waals surface area contributed by atoms with E-state index < -0.39 is 17.5 Å². The molecule has 0 saturated carbocycles. The van der Waals surface area contributed by atoms with Gasteiger partial charge in [-0.3, -0.25) is 4.79 Å². The van der Waals surface area contributed by atoms with E-state index in [0.717, 1.165) is 17.8 Å². The molecule has 0 spiro atoms. The normalized spacial score (nSPS) is 10.1. The second-order valence-electron chi connectivity index (χ2n) is 2.53. The highest BCUT2D eigenvalue weighted by Crippen LogP contribution is 2.29. The van der Waals surface area contributed by atoms with Crippen LogP contribution in [0.25, 0.3) is 0 Å². The fourth-order valence-corrected chi connectivity index (χ4v) is 1.58. The molecule has 0 bridgehead atoms. The molecule has 76 valence electrons. The predicted molar refractivity (Wildman–Crippen MR) is 50.7 cm³/mol. The second kappa shape index (κ2) is 4.28. The Morgan fingerprint density at radius 1 is 1.43 bits per heavy atom. The van der Waals surface area contributed by atoms with Gasteiger partial charge in [-0.05, 0) is 12.1 Å². The van der Waals surface area contributed by atoms with Crippen LogP contribution in [0.3, 0.4) is 0 Å². The van der Waals surface area contributed by atoms with Gasteiger partial charge in [0.1, 0.15) is 0 Å². The minimum absolute atomic E-state index is 0.0798. The van der Waals surface area contributed by atoms with Gasteiger partial charge in [0, 0.05) is 5.69 Å². The molecule has 4 N–H and O–H groups in total. The van der Waals surface area contributed by atoms with Gasteiger partial charge < -0.3 is 11.5 Å². The average molecular weight is 218 g/mol. The highest BCUT2D eigenvalue weighted by atomic mass is 32.2. The average Bonchev–Trinajstić information content (AvgIpc) is 2.11. The van der Waals surface area contributed by atoms with E-state index in [4.69, 9.17) is 11.5 Å². The van der Waals surface area contributed by atoms with Crippen LogP contribution in [0.1, 0.15) is 0 Å². The van der Waals surface area contributed by atoms with Crippen LogP contribution in [-0.2, 0) is 4.79 Å². The Labute approximate surface area is 83.5 Å². The summed E-state index contributed by atoms with van der Waals surface area (Å²) >= 11 is 0.781. The number of nitrogens with two attached hydrogens (primary N) is 2. The summed E-state index contributed by atoms with van der Waals surface area (Å²) in [5, 5.41) is 0. The van der Waals surface area contributed by atoms with Crippen molar-refractivity contribution in [1.82, 2.24) is 0 Å². The summed E-state index contributed by atoms with van der Waals surface area (Å²) in [6.07, 6.45) is 0. The van der Waals surface area contributed by atoms with E-state index in [2.05, 4.69) is 0 Å². The van der Waals surface area contributed by atoms with Crippen LogP contribution in [0.15, 0.2) is 17.0 Å². The number of rotatable bonds is 3. The third kappa shape index (κ3) is 2.35. The van der Waals surface area contributed by atoms with Crippen molar-refractivity contribution < 1.29 is 13.6 Å². The van der Waals surface area contributed by atoms with Gasteiger partial charge in [-0.1, -0.05) is 0 Å². The number of anilines is 1. The van der Waals surface area contributed by atoms with Gasteiger partial charge in [-0.15, -0.1) is 11.8 Å². The van der Waals surface area contributed by atoms with E-state index in [1.54, 1.807) is 0 Å². The first-order valence-electron chi connectivity index (χ1n) is 3.67. The Morgan fingerprint density at radius 2 is 2.07 bits per heavy atom. The zero-order chi connectivity index (χ0) is 10.7. The number of hydrogen-bond donors (Lipinski definition) is 2. The molecular weight excluding hydrogens is 210 g/mol. The lowest BCUT2D eigenvalue weighted by atomic mass is 10.3. The standard InChI is InChI=1S/C8H8F2N2OS/c9-4-1-2-5(11)8(7(4)10)14-3-6(12)13/h1-2H,3,11H2,(H2,12,13). The Kier molecular flexibility index (Phi) is 3.29. The number of benzene rings is 1. The maximum atomic E-state index is 13.1. The Morgan fingerprint density at radius 3 is 2.64 bits per heavy atom. The van der Waals surface area contributed by atoms with Crippen molar-refractivity contribution in [2.24, 2.45) is 5.73 Å². The number of carbonyl (C=O) groups excluding carboxylic acids is 1. The Bertz CT molecular complexity index is 371. The van der Waals surface area contributed by atoms with E-state index in [0.29, 0.717) is 0 Å². The Hall–Kier alpha value is -1.30. The summed E-state index contributed by atoms with van der Waals surface area (Å²) < 4.78 is 25.8. The minimum atomic E-state index is -1.05. The van der Waals surface area contributed by atoms with E-state index in [9.17, 15) is 13.6 Å². The van der Waals surface area contributed by atoms with Crippen molar-refractivity contribution in [3.05, 3.63) is 23.8 Å². The highest BCUT2D eigenvalue weighted by molar-refractivity contribution is 8.00. The van der Waals surface area contributed by atoms with Crippen molar-refractivity contribution in [2.75, 3.05) is 11.5 Å². The van der Waals surface area contributed by atoms with Gasteiger partial charge in [-0.2, -0.15) is 0 Å². The van der Waals surface area contributed by atoms with Crippen LogP contribution in [0.4, 0.5) is 14.5 Å². The molecule has 0 radical (unpaired) electrons. The summed E-state index contributed by atoms with van der Waals surface area (Å²) in [6, 6.07) is 2.17. The van der Waals surface area contributed by atoms with Crippen LogP contribution in [0.2, 0.25) is 0 Å². The molecule has 3 nitrogen and oxygen atoms in total. The first kappa shape index (κ1) is 10.8. The summed E-state index contributed by atoms with van der Waals surface area (Å²) in [5.74, 6) is -2.79. The molecule has 0 fully saturated rings. The van der Waals surface area contributed by atoms with Crippen LogP contribution in [0, 0.1) is 11.6 Å². The van der Waals surface area contributed by atoms with E-state index in [1.807, 2.05) is 0 Å². The van der Waals surface area contributed by atoms with E-state index >= 15 is 0 Å². The molecular formula is C8H8F2N2OS. The fraction of sp³-hybridized carbons (Fsp3) is 0.125. The molecule has 0 heterocycles. The van der Waals surface area contributed by atoms with Gasteiger partial charge in [-0.25, -0.2) is 8.78 Å². The van der Waals surface area contributed by atoms with Gasteiger partial charge in [0.2, 0.25) is 5.91 Å². The van der Waals surface area contributed by atoms with Crippen LogP contribution in [0.5, 0.6) is 0 Å². The fourth-order valence-electron chi connectivity index (χ4n) is 0.837. The third-order valence-corrected chi connectivity index (χ3v) is 2.57. The molecule has 0 aliphatic rings. The Balaban J connectivity index is 2.95. The first-order valence-corrected chi connectivity index (χ1v) is 4.65. The van der Waals surface area contributed by atoms with Gasteiger partial charge >= 0.3 is 0 Å². The number of amides is 1. The van der Waals surface area contributed by atoms with Crippen LogP contribution in [-0.4, -0.2) is 11.7 Å². The minimum Gasteiger partial charge on any atom is -0.398 e. The molecule has 1 aromatic carbocycles. The zero-order valence-electron chi connectivity index (χ0n) is 7.09. The maximum absolute atomic E-state index is 13.1. The van der Waals surface area contributed by atoms with E-state index in [-0.39, 0.29) is 16.3 Å². The number of primary amides is 1.